The highest BCUT2D eigenvalue weighted by molar-refractivity contribution is 6.32. The molecule has 0 radical (unpaired) electrons. The zero-order valence-electron chi connectivity index (χ0n) is 22.8. The minimum Gasteiger partial charge on any atom is -0.489 e. The summed E-state index contributed by atoms with van der Waals surface area (Å²) in [6.07, 6.45) is 8.00. The van der Waals surface area contributed by atoms with Gasteiger partial charge >= 0.3 is 0 Å². The first-order valence-corrected chi connectivity index (χ1v) is 14.5. The van der Waals surface area contributed by atoms with Crippen LogP contribution in [0.5, 0.6) is 11.5 Å². The van der Waals surface area contributed by atoms with E-state index >= 15 is 0 Å². The number of carbonyl (C=O) groups excluding carboxylic acids is 2. The Morgan fingerprint density at radius 3 is 2.39 bits per heavy atom. The molecule has 38 heavy (non-hydrogen) atoms. The molecule has 6 nitrogen and oxygen atoms in total. The van der Waals surface area contributed by atoms with Gasteiger partial charge < -0.3 is 19.3 Å². The lowest BCUT2D eigenvalue weighted by molar-refractivity contribution is -0.131. The smallest absolute Gasteiger partial charge is 0.227 e. The monoisotopic (exact) mass is 540 g/mol. The predicted octanol–water partition coefficient (Wildman–Crippen LogP) is 6.81. The summed E-state index contributed by atoms with van der Waals surface area (Å²) in [5, 5.41) is 0.474. The highest BCUT2D eigenvalue weighted by Crippen LogP contribution is 2.38. The summed E-state index contributed by atoms with van der Waals surface area (Å²) >= 11 is 6.51. The topological polar surface area (TPSA) is 59.1 Å². The van der Waals surface area contributed by atoms with Gasteiger partial charge in [0.2, 0.25) is 11.8 Å². The van der Waals surface area contributed by atoms with Gasteiger partial charge in [0.25, 0.3) is 0 Å². The van der Waals surface area contributed by atoms with Crippen LogP contribution in [0.2, 0.25) is 5.02 Å². The number of benzene rings is 2. The summed E-state index contributed by atoms with van der Waals surface area (Å²) < 4.78 is 11.6. The van der Waals surface area contributed by atoms with E-state index in [0.717, 1.165) is 61.8 Å². The SMILES string of the molecule is CC(C)CC(=O)N1CCCCCCCCN(C(=O)Cc2cc(Cl)c3c(c2)OCCCO3)Cc2ccccc21. The summed E-state index contributed by atoms with van der Waals surface area (Å²) in [6.45, 7) is 7.16. The van der Waals surface area contributed by atoms with Gasteiger partial charge in [-0.25, -0.2) is 0 Å². The van der Waals surface area contributed by atoms with Gasteiger partial charge in [0.15, 0.2) is 11.5 Å². The molecule has 2 amide bonds. The van der Waals surface area contributed by atoms with Crippen molar-refractivity contribution >= 4 is 29.1 Å². The van der Waals surface area contributed by atoms with Crippen LogP contribution in [0.4, 0.5) is 5.69 Å². The van der Waals surface area contributed by atoms with Crippen LogP contribution in [0.3, 0.4) is 0 Å². The molecule has 2 aliphatic rings. The van der Waals surface area contributed by atoms with Gasteiger partial charge in [0.05, 0.1) is 24.7 Å². The number of para-hydroxylation sites is 1. The Hall–Kier alpha value is -2.73. The molecule has 0 aliphatic carbocycles. The van der Waals surface area contributed by atoms with Crippen molar-refractivity contribution in [1.29, 1.82) is 0 Å². The van der Waals surface area contributed by atoms with Crippen LogP contribution in [0.25, 0.3) is 0 Å². The molecule has 0 unspecified atom stereocenters. The molecule has 0 spiro atoms. The Bertz CT molecular complexity index is 1100. The predicted molar refractivity (Wildman–Crippen MR) is 152 cm³/mol. The quantitative estimate of drug-likeness (QED) is 0.427. The second-order valence-electron chi connectivity index (χ2n) is 10.8. The minimum absolute atomic E-state index is 0.0419. The Labute approximate surface area is 232 Å². The van der Waals surface area contributed by atoms with E-state index in [2.05, 4.69) is 19.9 Å². The van der Waals surface area contributed by atoms with Gasteiger partial charge in [-0.1, -0.05) is 69.3 Å². The van der Waals surface area contributed by atoms with Crippen molar-refractivity contribution in [2.45, 2.75) is 78.2 Å². The molecule has 0 fully saturated rings. The molecule has 0 bridgehead atoms. The first-order chi connectivity index (χ1) is 18.4. The van der Waals surface area contributed by atoms with E-state index in [1.54, 1.807) is 0 Å². The first-order valence-electron chi connectivity index (χ1n) is 14.2. The zero-order valence-corrected chi connectivity index (χ0v) is 23.6. The average Bonchev–Trinajstić information content (AvgIpc) is 3.12. The van der Waals surface area contributed by atoms with Crippen molar-refractivity contribution in [3.05, 3.63) is 52.5 Å². The fourth-order valence-electron chi connectivity index (χ4n) is 5.20. The molecular formula is C31H41ClN2O4. The Balaban J connectivity index is 1.59. The van der Waals surface area contributed by atoms with E-state index < -0.39 is 0 Å². The van der Waals surface area contributed by atoms with Gasteiger partial charge in [0, 0.05) is 38.2 Å². The average molecular weight is 541 g/mol. The third kappa shape index (κ3) is 7.66. The number of fused-ring (bicyclic) bond motifs is 2. The molecule has 0 atom stereocenters. The van der Waals surface area contributed by atoms with Crippen molar-refractivity contribution in [2.24, 2.45) is 5.92 Å². The van der Waals surface area contributed by atoms with E-state index in [4.69, 9.17) is 21.1 Å². The van der Waals surface area contributed by atoms with E-state index in [1.165, 1.54) is 0 Å². The highest BCUT2D eigenvalue weighted by atomic mass is 35.5. The van der Waals surface area contributed by atoms with E-state index in [9.17, 15) is 9.59 Å². The number of amides is 2. The van der Waals surface area contributed by atoms with Gasteiger partial charge in [-0.15, -0.1) is 0 Å². The summed E-state index contributed by atoms with van der Waals surface area (Å²) in [5.74, 6) is 1.65. The maximum atomic E-state index is 13.7. The van der Waals surface area contributed by atoms with Gasteiger partial charge in [-0.2, -0.15) is 0 Å². The van der Waals surface area contributed by atoms with Gasteiger partial charge in [-0.3, -0.25) is 9.59 Å². The van der Waals surface area contributed by atoms with Crippen molar-refractivity contribution in [1.82, 2.24) is 4.90 Å². The molecule has 0 N–H and O–H groups in total. The van der Waals surface area contributed by atoms with Crippen LogP contribution in [0, 0.1) is 5.92 Å². The minimum atomic E-state index is 0.0419. The molecule has 2 aromatic rings. The van der Waals surface area contributed by atoms with Crippen LogP contribution in [0.1, 0.15) is 76.3 Å². The largest absolute Gasteiger partial charge is 0.489 e. The van der Waals surface area contributed by atoms with Crippen molar-refractivity contribution < 1.29 is 19.1 Å². The molecule has 7 heteroatoms. The standard InChI is InChI=1S/C31H41ClN2O4/c1-23(2)18-30(36)34-15-10-6-4-3-5-9-14-33(22-25-12-7-8-13-27(25)34)29(35)21-24-19-26(32)31-28(20-24)37-16-11-17-38-31/h7-8,12-13,19-20,23H,3-6,9-11,14-18,21-22H2,1-2H3. The fourth-order valence-corrected chi connectivity index (χ4v) is 5.48. The summed E-state index contributed by atoms with van der Waals surface area (Å²) in [7, 11) is 0. The van der Waals surface area contributed by atoms with E-state index in [1.807, 2.05) is 40.1 Å². The lowest BCUT2D eigenvalue weighted by Crippen LogP contribution is -2.36. The number of hydrogen-bond acceptors (Lipinski definition) is 4. The molecule has 4 rings (SSSR count). The van der Waals surface area contributed by atoms with Crippen molar-refractivity contribution in [3.63, 3.8) is 0 Å². The maximum absolute atomic E-state index is 13.7. The third-order valence-corrected chi connectivity index (χ3v) is 7.44. The molecule has 2 aliphatic heterocycles. The number of nitrogens with zero attached hydrogens (tertiary/aromatic N) is 2. The van der Waals surface area contributed by atoms with Crippen LogP contribution in [-0.4, -0.2) is 43.0 Å². The lowest BCUT2D eigenvalue weighted by atomic mass is 10.1. The van der Waals surface area contributed by atoms with Crippen molar-refractivity contribution in [3.8, 4) is 11.5 Å². The highest BCUT2D eigenvalue weighted by Gasteiger charge is 2.23. The maximum Gasteiger partial charge on any atom is 0.227 e. The molecule has 2 aromatic carbocycles. The second kappa shape index (κ2) is 13.9. The first kappa shape index (κ1) is 28.3. The van der Waals surface area contributed by atoms with Crippen molar-refractivity contribution in [2.75, 3.05) is 31.2 Å². The Morgan fingerprint density at radius 1 is 0.895 bits per heavy atom. The fraction of sp³-hybridized carbons (Fsp3) is 0.548. The van der Waals surface area contributed by atoms with E-state index in [0.29, 0.717) is 61.7 Å². The molecule has 0 aromatic heterocycles. The van der Waals surface area contributed by atoms with Crippen LogP contribution < -0.4 is 14.4 Å². The zero-order chi connectivity index (χ0) is 26.9. The number of carbonyl (C=O) groups is 2. The summed E-state index contributed by atoms with van der Waals surface area (Å²) in [5.41, 5.74) is 2.75. The summed E-state index contributed by atoms with van der Waals surface area (Å²) in [6, 6.07) is 11.8. The van der Waals surface area contributed by atoms with Crippen LogP contribution >= 0.6 is 11.6 Å². The number of halogens is 1. The Morgan fingerprint density at radius 2 is 1.61 bits per heavy atom. The van der Waals surface area contributed by atoms with Crippen LogP contribution in [-0.2, 0) is 22.6 Å². The molecule has 206 valence electrons. The normalized spacial score (nSPS) is 17.1. The van der Waals surface area contributed by atoms with Gasteiger partial charge in [0.1, 0.15) is 0 Å². The Kier molecular flexibility index (Phi) is 10.3. The molecule has 0 saturated heterocycles. The van der Waals surface area contributed by atoms with E-state index in [-0.39, 0.29) is 18.2 Å². The molecule has 0 saturated carbocycles. The van der Waals surface area contributed by atoms with Gasteiger partial charge in [-0.05, 0) is 48.1 Å². The molecular weight excluding hydrogens is 500 g/mol. The number of ether oxygens (including phenoxy) is 2. The molecule has 2 heterocycles. The summed E-state index contributed by atoms with van der Waals surface area (Å²) in [4.78, 5) is 30.9. The number of anilines is 1. The third-order valence-electron chi connectivity index (χ3n) is 7.16. The number of hydrogen-bond donors (Lipinski definition) is 0. The second-order valence-corrected chi connectivity index (χ2v) is 11.2. The lowest BCUT2D eigenvalue weighted by Gasteiger charge is -2.29. The van der Waals surface area contributed by atoms with Crippen LogP contribution in [0.15, 0.2) is 36.4 Å². The number of rotatable bonds is 4.